The van der Waals surface area contributed by atoms with Crippen molar-refractivity contribution < 1.29 is 4.79 Å². The number of rotatable bonds is 7. The second-order valence-corrected chi connectivity index (χ2v) is 6.40. The van der Waals surface area contributed by atoms with Crippen molar-refractivity contribution >= 4 is 24.0 Å². The van der Waals surface area contributed by atoms with Crippen LogP contribution < -0.4 is 11.1 Å². The van der Waals surface area contributed by atoms with Gasteiger partial charge in [0.05, 0.1) is 6.04 Å². The lowest BCUT2D eigenvalue weighted by Gasteiger charge is -2.18. The molecule has 1 fully saturated rings. The van der Waals surface area contributed by atoms with E-state index in [1.807, 2.05) is 19.1 Å². The Labute approximate surface area is 146 Å². The average Bonchev–Trinajstić information content (AvgIpc) is 3.05. The summed E-state index contributed by atoms with van der Waals surface area (Å²) < 4.78 is 0. The second kappa shape index (κ2) is 9.91. The van der Waals surface area contributed by atoms with Crippen LogP contribution >= 0.6 is 12.4 Å². The van der Waals surface area contributed by atoms with Crippen molar-refractivity contribution in [2.75, 3.05) is 25.0 Å². The Bertz CT molecular complexity index is 489. The van der Waals surface area contributed by atoms with Crippen molar-refractivity contribution in [2.45, 2.75) is 45.6 Å². The first-order valence-corrected chi connectivity index (χ1v) is 8.48. The Morgan fingerprint density at radius 3 is 2.70 bits per heavy atom. The summed E-state index contributed by atoms with van der Waals surface area (Å²) in [5, 5.41) is 2.95. The molecule has 0 bridgehead atoms. The number of likely N-dealkylation sites (tertiary alicyclic amines) is 1. The van der Waals surface area contributed by atoms with Gasteiger partial charge in [0.25, 0.3) is 0 Å². The predicted octanol–water partition coefficient (Wildman–Crippen LogP) is 3.06. The maximum absolute atomic E-state index is 12.1. The van der Waals surface area contributed by atoms with E-state index in [1.165, 1.54) is 31.5 Å². The molecule has 0 spiro atoms. The number of halogens is 1. The molecule has 1 aliphatic rings. The molecule has 0 radical (unpaired) electrons. The number of hydrogen-bond acceptors (Lipinski definition) is 3. The van der Waals surface area contributed by atoms with Crippen LogP contribution in [0.5, 0.6) is 0 Å². The zero-order chi connectivity index (χ0) is 15.9. The number of hydrogen-bond donors (Lipinski definition) is 2. The molecule has 0 saturated carbocycles. The maximum Gasteiger partial charge on any atom is 0.241 e. The van der Waals surface area contributed by atoms with Crippen LogP contribution in [0.3, 0.4) is 0 Å². The molecule has 130 valence electrons. The molecule has 4 nitrogen and oxygen atoms in total. The number of benzene rings is 1. The van der Waals surface area contributed by atoms with Gasteiger partial charge in [-0.1, -0.05) is 32.4 Å². The third-order valence-corrected chi connectivity index (χ3v) is 4.67. The molecule has 0 aliphatic carbocycles. The van der Waals surface area contributed by atoms with Crippen LogP contribution in [-0.4, -0.2) is 36.5 Å². The summed E-state index contributed by atoms with van der Waals surface area (Å²) in [4.78, 5) is 14.7. The van der Waals surface area contributed by atoms with Gasteiger partial charge >= 0.3 is 0 Å². The molecular weight excluding hydrogens is 310 g/mol. The fraction of sp³-hybridized carbons (Fsp3) is 0.611. The lowest BCUT2D eigenvalue weighted by Crippen LogP contribution is -2.40. The fourth-order valence-corrected chi connectivity index (χ4v) is 2.84. The van der Waals surface area contributed by atoms with Crippen molar-refractivity contribution in [1.29, 1.82) is 0 Å². The molecular formula is C18H30ClN3O. The number of carbonyl (C=O) groups is 1. The van der Waals surface area contributed by atoms with Crippen molar-refractivity contribution in [3.8, 4) is 0 Å². The van der Waals surface area contributed by atoms with Gasteiger partial charge in [0.2, 0.25) is 5.91 Å². The van der Waals surface area contributed by atoms with Crippen molar-refractivity contribution in [1.82, 2.24) is 4.90 Å². The summed E-state index contributed by atoms with van der Waals surface area (Å²) >= 11 is 0. The number of nitrogens with one attached hydrogen (secondary N) is 1. The topological polar surface area (TPSA) is 58.4 Å². The highest BCUT2D eigenvalue weighted by Crippen LogP contribution is 2.15. The van der Waals surface area contributed by atoms with Crippen LogP contribution in [0, 0.1) is 5.92 Å². The number of amides is 1. The van der Waals surface area contributed by atoms with E-state index in [-0.39, 0.29) is 24.2 Å². The van der Waals surface area contributed by atoms with Crippen molar-refractivity contribution in [3.05, 3.63) is 29.8 Å². The van der Waals surface area contributed by atoms with E-state index in [1.54, 1.807) is 0 Å². The summed E-state index contributed by atoms with van der Waals surface area (Å²) in [6.07, 6.45) is 4.58. The van der Waals surface area contributed by atoms with Crippen LogP contribution in [0.4, 0.5) is 5.69 Å². The largest absolute Gasteiger partial charge is 0.325 e. The first-order valence-electron chi connectivity index (χ1n) is 8.48. The van der Waals surface area contributed by atoms with Gasteiger partial charge in [0.1, 0.15) is 0 Å². The fourth-order valence-electron chi connectivity index (χ4n) is 2.84. The van der Waals surface area contributed by atoms with Crippen LogP contribution in [0.25, 0.3) is 0 Å². The molecule has 1 heterocycles. The minimum Gasteiger partial charge on any atom is -0.325 e. The summed E-state index contributed by atoms with van der Waals surface area (Å²) in [5.74, 6) is 0.101. The monoisotopic (exact) mass is 339 g/mol. The number of anilines is 1. The first kappa shape index (κ1) is 19.9. The quantitative estimate of drug-likeness (QED) is 0.802. The van der Waals surface area contributed by atoms with Crippen LogP contribution in [-0.2, 0) is 11.2 Å². The first-order chi connectivity index (χ1) is 10.6. The second-order valence-electron chi connectivity index (χ2n) is 6.40. The highest BCUT2D eigenvalue weighted by atomic mass is 35.5. The van der Waals surface area contributed by atoms with Gasteiger partial charge in [-0.15, -0.1) is 12.4 Å². The molecule has 0 aromatic heterocycles. The van der Waals surface area contributed by atoms with Gasteiger partial charge in [-0.05, 0) is 56.0 Å². The normalized spacial score (nSPS) is 17.3. The lowest BCUT2D eigenvalue weighted by molar-refractivity contribution is -0.118. The maximum atomic E-state index is 12.1. The van der Waals surface area contributed by atoms with Crippen molar-refractivity contribution in [2.24, 2.45) is 11.7 Å². The van der Waals surface area contributed by atoms with E-state index in [4.69, 9.17) is 5.73 Å². The van der Waals surface area contributed by atoms with E-state index in [0.29, 0.717) is 0 Å². The van der Waals surface area contributed by atoms with Gasteiger partial charge in [-0.25, -0.2) is 0 Å². The molecule has 2 atom stereocenters. The van der Waals surface area contributed by atoms with Crippen LogP contribution in [0.2, 0.25) is 0 Å². The highest BCUT2D eigenvalue weighted by molar-refractivity contribution is 5.94. The SMILES string of the molecule is CCC(C)C(N)C(=O)Nc1cccc(CCN2CCCC2)c1.Cl. The minimum absolute atomic E-state index is 0. The predicted molar refractivity (Wildman–Crippen MR) is 99.1 cm³/mol. The van der Waals surface area contributed by atoms with Gasteiger partial charge in [-0.3, -0.25) is 4.79 Å². The van der Waals surface area contributed by atoms with Gasteiger partial charge in [0.15, 0.2) is 0 Å². The highest BCUT2D eigenvalue weighted by Gasteiger charge is 2.19. The molecule has 5 heteroatoms. The average molecular weight is 340 g/mol. The molecule has 2 unspecified atom stereocenters. The molecule has 1 aromatic carbocycles. The number of nitrogens with zero attached hydrogens (tertiary/aromatic N) is 1. The molecule has 1 aromatic rings. The smallest absolute Gasteiger partial charge is 0.241 e. The van der Waals surface area contributed by atoms with Gasteiger partial charge in [0, 0.05) is 12.2 Å². The summed E-state index contributed by atoms with van der Waals surface area (Å²) in [5.41, 5.74) is 8.10. The molecule has 2 rings (SSSR count). The Morgan fingerprint density at radius 2 is 2.04 bits per heavy atom. The number of carbonyl (C=O) groups excluding carboxylic acids is 1. The van der Waals surface area contributed by atoms with E-state index in [9.17, 15) is 4.79 Å². The molecule has 23 heavy (non-hydrogen) atoms. The summed E-state index contributed by atoms with van der Waals surface area (Å²) in [6.45, 7) is 7.61. The lowest BCUT2D eigenvalue weighted by atomic mass is 9.99. The zero-order valence-corrected chi connectivity index (χ0v) is 15.1. The Morgan fingerprint density at radius 1 is 1.35 bits per heavy atom. The van der Waals surface area contributed by atoms with Gasteiger partial charge < -0.3 is 16.0 Å². The summed E-state index contributed by atoms with van der Waals surface area (Å²) in [6, 6.07) is 7.68. The van der Waals surface area contributed by atoms with Crippen LogP contribution in [0.15, 0.2) is 24.3 Å². The minimum atomic E-state index is -0.446. The molecule has 1 aliphatic heterocycles. The summed E-state index contributed by atoms with van der Waals surface area (Å²) in [7, 11) is 0. The molecule has 3 N–H and O–H groups in total. The zero-order valence-electron chi connectivity index (χ0n) is 14.3. The van der Waals surface area contributed by atoms with E-state index in [0.717, 1.165) is 25.1 Å². The van der Waals surface area contributed by atoms with Crippen LogP contribution in [0.1, 0.15) is 38.7 Å². The number of nitrogens with two attached hydrogens (primary N) is 1. The van der Waals surface area contributed by atoms with E-state index < -0.39 is 6.04 Å². The molecule has 1 saturated heterocycles. The van der Waals surface area contributed by atoms with Gasteiger partial charge in [-0.2, -0.15) is 0 Å². The third kappa shape index (κ3) is 6.13. The standard InChI is InChI=1S/C18H29N3O.ClH/c1-3-14(2)17(19)18(22)20-16-8-6-7-15(13-16)9-12-21-10-4-5-11-21;/h6-8,13-14,17H,3-5,9-12,19H2,1-2H3,(H,20,22);1H. The Hall–Kier alpha value is -1.10. The Kier molecular flexibility index (Phi) is 8.59. The van der Waals surface area contributed by atoms with E-state index in [2.05, 4.69) is 29.3 Å². The molecule has 1 amide bonds. The Balaban J connectivity index is 0.00000264. The van der Waals surface area contributed by atoms with Crippen molar-refractivity contribution in [3.63, 3.8) is 0 Å². The third-order valence-electron chi connectivity index (χ3n) is 4.67. The van der Waals surface area contributed by atoms with E-state index >= 15 is 0 Å².